The van der Waals surface area contributed by atoms with Crippen molar-refractivity contribution in [1.29, 1.82) is 5.26 Å². The van der Waals surface area contributed by atoms with Crippen molar-refractivity contribution < 1.29 is 4.79 Å². The molecule has 0 unspecified atom stereocenters. The van der Waals surface area contributed by atoms with Crippen molar-refractivity contribution >= 4 is 11.5 Å². The Morgan fingerprint density at radius 3 is 2.14 bits per heavy atom. The smallest absolute Gasteiger partial charge is 0.179 e. The highest BCUT2D eigenvalue weighted by Crippen LogP contribution is 2.37. The second kappa shape index (κ2) is 4.85. The van der Waals surface area contributed by atoms with Gasteiger partial charge < -0.3 is 4.90 Å². The van der Waals surface area contributed by atoms with E-state index in [1.54, 1.807) is 0 Å². The molecule has 0 aromatic heterocycles. The number of ketones is 1. The van der Waals surface area contributed by atoms with E-state index in [4.69, 9.17) is 0 Å². The van der Waals surface area contributed by atoms with E-state index in [0.29, 0.717) is 12.0 Å². The number of nitrogens with zero attached hydrogens (tertiary/aromatic N) is 2. The average molecular weight is 286 g/mol. The Kier molecular flexibility index (Phi) is 2.83. The van der Waals surface area contributed by atoms with Crippen LogP contribution in [0.5, 0.6) is 0 Å². The molecule has 0 bridgehead atoms. The molecular formula is C19H14N2O. The lowest BCUT2D eigenvalue weighted by atomic mass is 9.88. The first-order chi connectivity index (χ1) is 10.8. The highest BCUT2D eigenvalue weighted by molar-refractivity contribution is 6.09. The monoisotopic (exact) mass is 286 g/mol. The number of rotatable bonds is 1. The standard InChI is InChI=1S/C19H14N2O/c20-10-17-18(22)9-13-5-3-4-8-16(13)19(17)21-11-14-6-1-2-7-15(14)12-21/h1-8H,9,11-12H2. The van der Waals surface area contributed by atoms with Gasteiger partial charge in [-0.1, -0.05) is 48.5 Å². The Balaban J connectivity index is 1.85. The summed E-state index contributed by atoms with van der Waals surface area (Å²) in [5.41, 5.74) is 5.66. The lowest BCUT2D eigenvalue weighted by Gasteiger charge is -2.27. The van der Waals surface area contributed by atoms with Crippen LogP contribution in [0.3, 0.4) is 0 Å². The van der Waals surface area contributed by atoms with Gasteiger partial charge in [-0.25, -0.2) is 0 Å². The van der Waals surface area contributed by atoms with Crippen LogP contribution < -0.4 is 0 Å². The molecule has 22 heavy (non-hydrogen) atoms. The molecule has 1 aliphatic carbocycles. The van der Waals surface area contributed by atoms with Crippen LogP contribution in [-0.2, 0) is 24.3 Å². The van der Waals surface area contributed by atoms with Crippen molar-refractivity contribution in [3.05, 3.63) is 76.4 Å². The lowest BCUT2D eigenvalue weighted by Crippen LogP contribution is -2.24. The third kappa shape index (κ3) is 1.85. The SMILES string of the molecule is N#CC1=C(N2Cc3ccccc3C2)c2ccccc2CC1=O. The second-order valence-electron chi connectivity index (χ2n) is 5.72. The van der Waals surface area contributed by atoms with Crippen molar-refractivity contribution in [2.24, 2.45) is 0 Å². The summed E-state index contributed by atoms with van der Waals surface area (Å²) in [7, 11) is 0. The molecule has 0 amide bonds. The van der Waals surface area contributed by atoms with Crippen LogP contribution in [0.4, 0.5) is 0 Å². The van der Waals surface area contributed by atoms with Crippen LogP contribution in [0.1, 0.15) is 22.3 Å². The van der Waals surface area contributed by atoms with Gasteiger partial charge >= 0.3 is 0 Å². The Morgan fingerprint density at radius 1 is 0.909 bits per heavy atom. The zero-order valence-electron chi connectivity index (χ0n) is 12.0. The summed E-state index contributed by atoms with van der Waals surface area (Å²) in [6.07, 6.45) is 0.323. The summed E-state index contributed by atoms with van der Waals surface area (Å²) in [6, 6.07) is 18.3. The molecule has 0 radical (unpaired) electrons. The first kappa shape index (κ1) is 12.8. The highest BCUT2D eigenvalue weighted by atomic mass is 16.1. The first-order valence-electron chi connectivity index (χ1n) is 7.35. The second-order valence-corrected chi connectivity index (χ2v) is 5.72. The fourth-order valence-electron chi connectivity index (χ4n) is 3.37. The number of benzene rings is 2. The number of hydrogen-bond acceptors (Lipinski definition) is 3. The van der Waals surface area contributed by atoms with Crippen molar-refractivity contribution in [1.82, 2.24) is 4.90 Å². The van der Waals surface area contributed by atoms with Crippen molar-refractivity contribution in [3.8, 4) is 6.07 Å². The lowest BCUT2D eigenvalue weighted by molar-refractivity contribution is -0.114. The van der Waals surface area contributed by atoms with Gasteiger partial charge in [0.05, 0.1) is 5.70 Å². The van der Waals surface area contributed by atoms with E-state index in [9.17, 15) is 10.1 Å². The highest BCUT2D eigenvalue weighted by Gasteiger charge is 2.31. The normalized spacial score (nSPS) is 16.3. The summed E-state index contributed by atoms with van der Waals surface area (Å²) >= 11 is 0. The maximum atomic E-state index is 12.3. The van der Waals surface area contributed by atoms with E-state index in [0.717, 1.165) is 29.9 Å². The molecule has 3 nitrogen and oxygen atoms in total. The summed E-state index contributed by atoms with van der Waals surface area (Å²) in [5, 5.41) is 9.48. The molecule has 0 atom stereocenters. The average Bonchev–Trinajstić information content (AvgIpc) is 2.97. The molecule has 0 saturated carbocycles. The number of allylic oxidation sites excluding steroid dienone is 1. The maximum Gasteiger partial charge on any atom is 0.179 e. The Bertz CT molecular complexity index is 833. The predicted molar refractivity (Wildman–Crippen MR) is 83.4 cm³/mol. The molecule has 2 aromatic carbocycles. The molecule has 1 heterocycles. The molecule has 0 spiro atoms. The van der Waals surface area contributed by atoms with Crippen LogP contribution in [0.2, 0.25) is 0 Å². The Hall–Kier alpha value is -2.86. The third-order valence-electron chi connectivity index (χ3n) is 4.41. The third-order valence-corrected chi connectivity index (χ3v) is 4.41. The van der Waals surface area contributed by atoms with Crippen LogP contribution in [0, 0.1) is 11.3 Å². The van der Waals surface area contributed by atoms with Gasteiger partial charge in [0, 0.05) is 25.1 Å². The molecule has 2 aromatic rings. The summed E-state index contributed by atoms with van der Waals surface area (Å²) in [6.45, 7) is 1.50. The van der Waals surface area contributed by atoms with Crippen LogP contribution in [0.25, 0.3) is 5.70 Å². The van der Waals surface area contributed by atoms with Crippen molar-refractivity contribution in [2.75, 3.05) is 0 Å². The molecule has 4 rings (SSSR count). The minimum absolute atomic E-state index is 0.0767. The van der Waals surface area contributed by atoms with E-state index >= 15 is 0 Å². The number of Topliss-reactive ketones (excluding diaryl/α,β-unsaturated/α-hetero) is 1. The molecule has 106 valence electrons. The minimum atomic E-state index is -0.0767. The van der Waals surface area contributed by atoms with E-state index < -0.39 is 0 Å². The van der Waals surface area contributed by atoms with Gasteiger partial charge in [-0.05, 0) is 16.7 Å². The number of carbonyl (C=O) groups is 1. The van der Waals surface area contributed by atoms with Crippen LogP contribution in [0.15, 0.2) is 54.1 Å². The minimum Gasteiger partial charge on any atom is -0.361 e. The first-order valence-corrected chi connectivity index (χ1v) is 7.35. The van der Waals surface area contributed by atoms with Crippen molar-refractivity contribution in [3.63, 3.8) is 0 Å². The van der Waals surface area contributed by atoms with Gasteiger partial charge in [-0.15, -0.1) is 0 Å². The predicted octanol–water partition coefficient (Wildman–Crippen LogP) is 3.06. The fraction of sp³-hybridized carbons (Fsp3) is 0.158. The number of carbonyl (C=O) groups excluding carboxylic acids is 1. The van der Waals surface area contributed by atoms with Gasteiger partial charge in [0.15, 0.2) is 5.78 Å². The van der Waals surface area contributed by atoms with E-state index in [1.807, 2.05) is 36.4 Å². The Labute approximate surface area is 129 Å². The molecule has 1 aliphatic heterocycles. The van der Waals surface area contributed by atoms with Crippen molar-refractivity contribution in [2.45, 2.75) is 19.5 Å². The molecular weight excluding hydrogens is 272 g/mol. The summed E-state index contributed by atoms with van der Waals surface area (Å²) < 4.78 is 0. The largest absolute Gasteiger partial charge is 0.361 e. The molecule has 3 heteroatoms. The number of fused-ring (bicyclic) bond motifs is 2. The summed E-state index contributed by atoms with van der Waals surface area (Å²) in [5.74, 6) is -0.0767. The van der Waals surface area contributed by atoms with E-state index in [-0.39, 0.29) is 5.78 Å². The molecule has 0 saturated heterocycles. The number of nitriles is 1. The van der Waals surface area contributed by atoms with Gasteiger partial charge in [0.2, 0.25) is 0 Å². The van der Waals surface area contributed by atoms with Crippen LogP contribution in [-0.4, -0.2) is 10.7 Å². The van der Waals surface area contributed by atoms with E-state index in [2.05, 4.69) is 23.1 Å². The summed E-state index contributed by atoms with van der Waals surface area (Å²) in [4.78, 5) is 14.5. The van der Waals surface area contributed by atoms with Gasteiger partial charge in [0.1, 0.15) is 11.6 Å². The zero-order valence-corrected chi connectivity index (χ0v) is 12.0. The van der Waals surface area contributed by atoms with Gasteiger partial charge in [-0.2, -0.15) is 5.26 Å². The zero-order chi connectivity index (χ0) is 15.1. The fourth-order valence-corrected chi connectivity index (χ4v) is 3.37. The van der Waals surface area contributed by atoms with Gasteiger partial charge in [-0.3, -0.25) is 4.79 Å². The Morgan fingerprint density at radius 2 is 1.50 bits per heavy atom. The maximum absolute atomic E-state index is 12.3. The van der Waals surface area contributed by atoms with Gasteiger partial charge in [0.25, 0.3) is 0 Å². The number of hydrogen-bond donors (Lipinski definition) is 0. The van der Waals surface area contributed by atoms with E-state index in [1.165, 1.54) is 11.1 Å². The van der Waals surface area contributed by atoms with Crippen LogP contribution >= 0.6 is 0 Å². The molecule has 2 aliphatic rings. The topological polar surface area (TPSA) is 44.1 Å². The molecule has 0 fully saturated rings. The molecule has 0 N–H and O–H groups in total. The quantitative estimate of drug-likeness (QED) is 0.809.